The third-order valence-electron chi connectivity index (χ3n) is 3.33. The van der Waals surface area contributed by atoms with Crippen LogP contribution >= 0.6 is 0 Å². The Morgan fingerprint density at radius 2 is 2.00 bits per heavy atom. The van der Waals surface area contributed by atoms with Gasteiger partial charge < -0.3 is 10.1 Å². The first-order chi connectivity index (χ1) is 10.9. The van der Waals surface area contributed by atoms with Crippen LogP contribution in [0.3, 0.4) is 0 Å². The minimum Gasteiger partial charge on any atom is -0.495 e. The van der Waals surface area contributed by atoms with E-state index in [1.165, 1.54) is 19.2 Å². The molecule has 7 nitrogen and oxygen atoms in total. The molecule has 8 heteroatoms. The van der Waals surface area contributed by atoms with Crippen LogP contribution in [-0.2, 0) is 9.84 Å². The molecule has 1 aromatic carbocycles. The first kappa shape index (κ1) is 15.3. The summed E-state index contributed by atoms with van der Waals surface area (Å²) < 4.78 is 30.2. The maximum absolute atomic E-state index is 11.6. The predicted octanol–water partition coefficient (Wildman–Crippen LogP) is 2.19. The van der Waals surface area contributed by atoms with Crippen LogP contribution < -0.4 is 10.1 Å². The molecule has 0 fully saturated rings. The van der Waals surface area contributed by atoms with Crippen LogP contribution in [0.4, 0.5) is 11.6 Å². The van der Waals surface area contributed by atoms with Crippen LogP contribution in [0.25, 0.3) is 5.65 Å². The number of aryl methyl sites for hydroxylation is 1. The molecule has 0 atom stereocenters. The molecule has 0 saturated heterocycles. The van der Waals surface area contributed by atoms with Crippen molar-refractivity contribution in [1.82, 2.24) is 14.6 Å². The topological polar surface area (TPSA) is 85.6 Å². The lowest BCUT2D eigenvalue weighted by Gasteiger charge is -2.10. The Balaban J connectivity index is 1.97. The molecule has 1 N–H and O–H groups in total. The number of fused-ring (bicyclic) bond motifs is 1. The number of benzene rings is 1. The Morgan fingerprint density at radius 1 is 1.22 bits per heavy atom. The molecular weight excluding hydrogens is 316 g/mol. The second-order valence-corrected chi connectivity index (χ2v) is 7.22. The highest BCUT2D eigenvalue weighted by atomic mass is 32.2. The van der Waals surface area contributed by atoms with Crippen LogP contribution in [0.2, 0.25) is 0 Å². The van der Waals surface area contributed by atoms with Gasteiger partial charge in [-0.05, 0) is 30.7 Å². The SMILES string of the molecule is COc1cc(S(C)(=O)=O)ccc1Nc1nc2ccc(C)cn2n1. The molecule has 0 bridgehead atoms. The lowest BCUT2D eigenvalue weighted by Crippen LogP contribution is -2.01. The summed E-state index contributed by atoms with van der Waals surface area (Å²) >= 11 is 0. The second-order valence-electron chi connectivity index (χ2n) is 5.20. The van der Waals surface area contributed by atoms with Gasteiger partial charge in [0.15, 0.2) is 15.5 Å². The van der Waals surface area contributed by atoms with E-state index in [1.807, 2.05) is 25.3 Å². The Morgan fingerprint density at radius 3 is 2.70 bits per heavy atom. The Bertz CT molecular complexity index is 980. The fourth-order valence-corrected chi connectivity index (χ4v) is 2.80. The van der Waals surface area contributed by atoms with Crippen LogP contribution in [0.1, 0.15) is 5.56 Å². The fourth-order valence-electron chi connectivity index (χ4n) is 2.16. The molecule has 120 valence electrons. The van der Waals surface area contributed by atoms with Gasteiger partial charge in [0.05, 0.1) is 17.7 Å². The highest BCUT2D eigenvalue weighted by Gasteiger charge is 2.13. The molecule has 3 rings (SSSR count). The predicted molar refractivity (Wildman–Crippen MR) is 87.1 cm³/mol. The monoisotopic (exact) mass is 332 g/mol. The van der Waals surface area contributed by atoms with Crippen molar-refractivity contribution in [3.63, 3.8) is 0 Å². The first-order valence-corrected chi connectivity index (χ1v) is 8.74. The molecule has 3 aromatic rings. The average molecular weight is 332 g/mol. The number of nitrogens with zero attached hydrogens (tertiary/aromatic N) is 3. The van der Waals surface area contributed by atoms with E-state index in [9.17, 15) is 8.42 Å². The smallest absolute Gasteiger partial charge is 0.247 e. The van der Waals surface area contributed by atoms with Crippen molar-refractivity contribution < 1.29 is 13.2 Å². The highest BCUT2D eigenvalue weighted by Crippen LogP contribution is 2.29. The lowest BCUT2D eigenvalue weighted by molar-refractivity contribution is 0.415. The number of nitrogens with one attached hydrogen (secondary N) is 1. The molecule has 0 saturated carbocycles. The van der Waals surface area contributed by atoms with Crippen LogP contribution in [0.5, 0.6) is 5.75 Å². The van der Waals surface area contributed by atoms with Crippen LogP contribution in [0.15, 0.2) is 41.4 Å². The van der Waals surface area contributed by atoms with Crippen LogP contribution in [-0.4, -0.2) is 36.4 Å². The highest BCUT2D eigenvalue weighted by molar-refractivity contribution is 7.90. The molecule has 2 aromatic heterocycles. The minimum absolute atomic E-state index is 0.193. The number of ether oxygens (including phenoxy) is 1. The van der Waals surface area contributed by atoms with Crippen LogP contribution in [0, 0.1) is 6.92 Å². The summed E-state index contributed by atoms with van der Waals surface area (Å²) in [5.41, 5.74) is 2.38. The summed E-state index contributed by atoms with van der Waals surface area (Å²) in [5.74, 6) is 0.809. The summed E-state index contributed by atoms with van der Waals surface area (Å²) in [7, 11) is -1.81. The Labute approximate surface area is 133 Å². The number of aromatic nitrogens is 3. The maximum atomic E-state index is 11.6. The summed E-state index contributed by atoms with van der Waals surface area (Å²) in [6.07, 6.45) is 3.03. The number of pyridine rings is 1. The van der Waals surface area contributed by atoms with Gasteiger partial charge in [0.1, 0.15) is 5.75 Å². The van der Waals surface area contributed by atoms with E-state index < -0.39 is 9.84 Å². The molecule has 0 aliphatic carbocycles. The lowest BCUT2D eigenvalue weighted by atomic mass is 10.3. The van der Waals surface area contributed by atoms with Crippen molar-refractivity contribution in [3.05, 3.63) is 42.1 Å². The number of methoxy groups -OCH3 is 1. The van der Waals surface area contributed by atoms with E-state index in [2.05, 4.69) is 15.4 Å². The van der Waals surface area contributed by atoms with Gasteiger partial charge in [0.2, 0.25) is 5.95 Å². The van der Waals surface area contributed by atoms with Crippen molar-refractivity contribution in [2.24, 2.45) is 0 Å². The van der Waals surface area contributed by atoms with Gasteiger partial charge in [-0.15, -0.1) is 5.10 Å². The number of hydrogen-bond donors (Lipinski definition) is 1. The van der Waals surface area contributed by atoms with Crippen molar-refractivity contribution in [2.75, 3.05) is 18.7 Å². The summed E-state index contributed by atoms with van der Waals surface area (Å²) in [6.45, 7) is 1.97. The molecule has 0 radical (unpaired) electrons. The standard InChI is InChI=1S/C15H16N4O3S/c1-10-4-7-14-17-15(18-19(14)9-10)16-12-6-5-11(23(3,20)21)8-13(12)22-2/h4-9H,1-3H3,(H,16,18). The molecule has 0 spiro atoms. The number of sulfone groups is 1. The number of rotatable bonds is 4. The van der Waals surface area contributed by atoms with Crippen molar-refractivity contribution in [3.8, 4) is 5.75 Å². The zero-order valence-electron chi connectivity index (χ0n) is 12.9. The van der Waals surface area contributed by atoms with Gasteiger partial charge in [0.25, 0.3) is 0 Å². The first-order valence-electron chi connectivity index (χ1n) is 6.85. The third kappa shape index (κ3) is 3.11. The normalized spacial score (nSPS) is 11.6. The number of anilines is 2. The molecule has 0 aliphatic heterocycles. The van der Waals surface area contributed by atoms with Gasteiger partial charge >= 0.3 is 0 Å². The third-order valence-corrected chi connectivity index (χ3v) is 4.44. The Kier molecular flexibility index (Phi) is 3.69. The zero-order valence-corrected chi connectivity index (χ0v) is 13.8. The van der Waals surface area contributed by atoms with E-state index in [4.69, 9.17) is 4.74 Å². The molecule has 0 aliphatic rings. The molecular formula is C15H16N4O3S. The van der Waals surface area contributed by atoms with E-state index in [-0.39, 0.29) is 4.90 Å². The van der Waals surface area contributed by atoms with E-state index in [0.717, 1.165) is 11.8 Å². The molecule has 0 amide bonds. The quantitative estimate of drug-likeness (QED) is 0.788. The van der Waals surface area contributed by atoms with Gasteiger partial charge in [-0.2, -0.15) is 4.98 Å². The molecule has 2 heterocycles. The van der Waals surface area contributed by atoms with Gasteiger partial charge in [-0.1, -0.05) is 6.07 Å². The number of hydrogen-bond acceptors (Lipinski definition) is 6. The van der Waals surface area contributed by atoms with E-state index in [0.29, 0.717) is 23.0 Å². The summed E-state index contributed by atoms with van der Waals surface area (Å²) in [4.78, 5) is 4.56. The summed E-state index contributed by atoms with van der Waals surface area (Å²) in [5, 5.41) is 7.38. The largest absolute Gasteiger partial charge is 0.495 e. The Hall–Kier alpha value is -2.61. The maximum Gasteiger partial charge on any atom is 0.247 e. The van der Waals surface area contributed by atoms with Crippen molar-refractivity contribution in [2.45, 2.75) is 11.8 Å². The molecule has 23 heavy (non-hydrogen) atoms. The van der Waals surface area contributed by atoms with E-state index in [1.54, 1.807) is 10.6 Å². The minimum atomic E-state index is -3.29. The summed E-state index contributed by atoms with van der Waals surface area (Å²) in [6, 6.07) is 8.44. The van der Waals surface area contributed by atoms with Gasteiger partial charge in [0, 0.05) is 18.5 Å². The second kappa shape index (κ2) is 5.54. The fraction of sp³-hybridized carbons (Fsp3) is 0.200. The molecule has 0 unspecified atom stereocenters. The van der Waals surface area contributed by atoms with E-state index >= 15 is 0 Å². The zero-order chi connectivity index (χ0) is 16.6. The van der Waals surface area contributed by atoms with Gasteiger partial charge in [-0.3, -0.25) is 0 Å². The average Bonchev–Trinajstić information content (AvgIpc) is 2.87. The van der Waals surface area contributed by atoms with Crippen molar-refractivity contribution in [1.29, 1.82) is 0 Å². The van der Waals surface area contributed by atoms with Gasteiger partial charge in [-0.25, -0.2) is 12.9 Å². The van der Waals surface area contributed by atoms with Crippen molar-refractivity contribution >= 4 is 27.1 Å².